The summed E-state index contributed by atoms with van der Waals surface area (Å²) in [5, 5.41) is 11.3. The fourth-order valence-electron chi connectivity index (χ4n) is 2.11. The van der Waals surface area contributed by atoms with Gasteiger partial charge in [0.1, 0.15) is 10.3 Å². The molecule has 0 unspecified atom stereocenters. The van der Waals surface area contributed by atoms with E-state index in [-0.39, 0.29) is 10.7 Å². The highest BCUT2D eigenvalue weighted by Gasteiger charge is 2.14. The van der Waals surface area contributed by atoms with E-state index in [1.165, 1.54) is 6.07 Å². The van der Waals surface area contributed by atoms with E-state index in [4.69, 9.17) is 23.2 Å². The number of carboxylic acids is 1. The van der Waals surface area contributed by atoms with Crippen LogP contribution in [0.2, 0.25) is 10.3 Å². The summed E-state index contributed by atoms with van der Waals surface area (Å²) in [6.45, 7) is 0. The molecule has 0 aliphatic carbocycles. The van der Waals surface area contributed by atoms with E-state index in [0.29, 0.717) is 21.8 Å². The second-order valence-corrected chi connectivity index (χ2v) is 5.12. The van der Waals surface area contributed by atoms with Crippen LogP contribution >= 0.6 is 23.2 Å². The maximum Gasteiger partial charge on any atom is 0.336 e. The summed E-state index contributed by atoms with van der Waals surface area (Å²) in [6, 6.07) is 10.00. The fourth-order valence-corrected chi connectivity index (χ4v) is 2.52. The molecule has 1 N–H and O–H groups in total. The summed E-state index contributed by atoms with van der Waals surface area (Å²) >= 11 is 12.0. The van der Waals surface area contributed by atoms with Gasteiger partial charge < -0.3 is 5.11 Å². The van der Waals surface area contributed by atoms with Crippen molar-refractivity contribution >= 4 is 39.9 Å². The van der Waals surface area contributed by atoms with Gasteiger partial charge in [0.15, 0.2) is 0 Å². The monoisotopic (exact) mass is 318 g/mol. The molecule has 0 radical (unpaired) electrons. The van der Waals surface area contributed by atoms with Crippen LogP contribution in [0.5, 0.6) is 0 Å². The lowest BCUT2D eigenvalue weighted by molar-refractivity contribution is 0.0697. The van der Waals surface area contributed by atoms with Gasteiger partial charge >= 0.3 is 5.97 Å². The van der Waals surface area contributed by atoms with Crippen molar-refractivity contribution in [2.45, 2.75) is 0 Å². The number of carboxylic acid groups (broad SMARTS) is 1. The minimum absolute atomic E-state index is 0.169. The number of fused-ring (bicyclic) bond motifs is 1. The van der Waals surface area contributed by atoms with E-state index in [2.05, 4.69) is 9.97 Å². The van der Waals surface area contributed by atoms with Gasteiger partial charge in [-0.3, -0.25) is 0 Å². The Balaban J connectivity index is 2.27. The minimum atomic E-state index is -1.02. The topological polar surface area (TPSA) is 63.1 Å². The zero-order valence-corrected chi connectivity index (χ0v) is 12.1. The van der Waals surface area contributed by atoms with Crippen molar-refractivity contribution in [2.75, 3.05) is 0 Å². The molecule has 3 rings (SSSR count). The lowest BCUT2D eigenvalue weighted by atomic mass is 10.0. The van der Waals surface area contributed by atoms with Gasteiger partial charge in [-0.2, -0.15) is 0 Å². The van der Waals surface area contributed by atoms with Gasteiger partial charge in [0, 0.05) is 22.5 Å². The first-order valence-electron chi connectivity index (χ1n) is 6.01. The van der Waals surface area contributed by atoms with Crippen molar-refractivity contribution in [1.29, 1.82) is 0 Å². The largest absolute Gasteiger partial charge is 0.478 e. The van der Waals surface area contributed by atoms with Gasteiger partial charge in [0.25, 0.3) is 0 Å². The molecule has 0 saturated heterocycles. The van der Waals surface area contributed by atoms with Crippen LogP contribution in [-0.4, -0.2) is 21.0 Å². The van der Waals surface area contributed by atoms with Crippen LogP contribution in [0.4, 0.5) is 0 Å². The molecule has 2 aromatic heterocycles. The third-order valence-electron chi connectivity index (χ3n) is 3.07. The van der Waals surface area contributed by atoms with Crippen molar-refractivity contribution in [3.8, 4) is 11.3 Å². The zero-order chi connectivity index (χ0) is 15.0. The van der Waals surface area contributed by atoms with Gasteiger partial charge in [-0.05, 0) is 18.2 Å². The summed E-state index contributed by atoms with van der Waals surface area (Å²) in [6.07, 6.45) is 1.58. The fraction of sp³-hybridized carbons (Fsp3) is 0. The van der Waals surface area contributed by atoms with Gasteiger partial charge in [0.05, 0.1) is 11.3 Å². The van der Waals surface area contributed by atoms with Crippen molar-refractivity contribution in [3.05, 3.63) is 58.5 Å². The number of rotatable bonds is 2. The Morgan fingerprint density at radius 1 is 1.14 bits per heavy atom. The first-order chi connectivity index (χ1) is 10.1. The van der Waals surface area contributed by atoms with Gasteiger partial charge in [-0.1, -0.05) is 41.4 Å². The number of pyridine rings is 2. The first kappa shape index (κ1) is 13.8. The molecule has 0 saturated carbocycles. The molecular formula is C15H8Cl2N2O2. The second kappa shape index (κ2) is 5.31. The van der Waals surface area contributed by atoms with Gasteiger partial charge in [0.2, 0.25) is 0 Å². The third-order valence-corrected chi connectivity index (χ3v) is 3.56. The molecule has 0 aliphatic rings. The molecule has 4 nitrogen and oxygen atoms in total. The van der Waals surface area contributed by atoms with Crippen LogP contribution in [0, 0.1) is 0 Å². The smallest absolute Gasteiger partial charge is 0.336 e. The highest BCUT2D eigenvalue weighted by molar-refractivity contribution is 6.35. The van der Waals surface area contributed by atoms with Crippen molar-refractivity contribution < 1.29 is 9.90 Å². The lowest BCUT2D eigenvalue weighted by Crippen LogP contribution is -2.00. The molecule has 3 aromatic rings. The van der Waals surface area contributed by atoms with Crippen LogP contribution in [0.3, 0.4) is 0 Å². The van der Waals surface area contributed by atoms with E-state index in [1.54, 1.807) is 36.5 Å². The number of aromatic carboxylic acids is 1. The SMILES string of the molecule is O=C(O)c1ccccc1-c1cc2cnc(Cl)cc2c(Cl)n1. The van der Waals surface area contributed by atoms with Crippen LogP contribution in [0.25, 0.3) is 22.0 Å². The Hall–Kier alpha value is -2.17. The number of nitrogens with zero attached hydrogens (tertiary/aromatic N) is 2. The molecule has 6 heteroatoms. The Kier molecular flexibility index (Phi) is 3.49. The Bertz CT molecular complexity index is 865. The van der Waals surface area contributed by atoms with Crippen LogP contribution in [0.1, 0.15) is 10.4 Å². The quantitative estimate of drug-likeness (QED) is 0.715. The molecule has 0 fully saturated rings. The van der Waals surface area contributed by atoms with Crippen LogP contribution in [-0.2, 0) is 0 Å². The predicted molar refractivity (Wildman–Crippen MR) is 82.0 cm³/mol. The Labute approximate surface area is 130 Å². The van der Waals surface area contributed by atoms with Crippen molar-refractivity contribution in [1.82, 2.24) is 9.97 Å². The van der Waals surface area contributed by atoms with Crippen LogP contribution < -0.4 is 0 Å². The highest BCUT2D eigenvalue weighted by atomic mass is 35.5. The normalized spacial score (nSPS) is 10.8. The molecule has 0 bridgehead atoms. The van der Waals surface area contributed by atoms with Gasteiger partial charge in [-0.15, -0.1) is 0 Å². The van der Waals surface area contributed by atoms with Crippen molar-refractivity contribution in [3.63, 3.8) is 0 Å². The number of halogens is 2. The standard InChI is InChI=1S/C15H8Cl2N2O2/c16-13-6-11-8(7-18-13)5-12(19-14(11)17)9-3-1-2-4-10(9)15(20)21/h1-7H,(H,20,21). The number of hydrogen-bond donors (Lipinski definition) is 1. The molecule has 0 aliphatic heterocycles. The molecule has 104 valence electrons. The summed E-state index contributed by atoms with van der Waals surface area (Å²) in [4.78, 5) is 19.6. The minimum Gasteiger partial charge on any atom is -0.478 e. The van der Waals surface area contributed by atoms with Crippen molar-refractivity contribution in [2.24, 2.45) is 0 Å². The van der Waals surface area contributed by atoms with E-state index >= 15 is 0 Å². The molecule has 0 atom stereocenters. The molecule has 1 aromatic carbocycles. The van der Waals surface area contributed by atoms with E-state index in [1.807, 2.05) is 0 Å². The average molecular weight is 319 g/mol. The molecule has 0 amide bonds. The Morgan fingerprint density at radius 2 is 1.90 bits per heavy atom. The first-order valence-corrected chi connectivity index (χ1v) is 6.76. The maximum atomic E-state index is 11.3. The maximum absolute atomic E-state index is 11.3. The number of hydrogen-bond acceptors (Lipinski definition) is 3. The summed E-state index contributed by atoms with van der Waals surface area (Å²) < 4.78 is 0. The molecule has 21 heavy (non-hydrogen) atoms. The number of carbonyl (C=O) groups is 1. The summed E-state index contributed by atoms with van der Waals surface area (Å²) in [7, 11) is 0. The summed E-state index contributed by atoms with van der Waals surface area (Å²) in [5.74, 6) is -1.02. The predicted octanol–water partition coefficient (Wildman–Crippen LogP) is 4.30. The van der Waals surface area contributed by atoms with E-state index < -0.39 is 5.97 Å². The third kappa shape index (κ3) is 2.55. The number of benzene rings is 1. The van der Waals surface area contributed by atoms with Crippen LogP contribution in [0.15, 0.2) is 42.6 Å². The van der Waals surface area contributed by atoms with Gasteiger partial charge in [-0.25, -0.2) is 14.8 Å². The second-order valence-electron chi connectivity index (χ2n) is 4.38. The molecule has 2 heterocycles. The summed E-state index contributed by atoms with van der Waals surface area (Å²) in [5.41, 5.74) is 1.15. The highest BCUT2D eigenvalue weighted by Crippen LogP contribution is 2.30. The molecule has 0 spiro atoms. The average Bonchev–Trinajstić information content (AvgIpc) is 2.47. The van der Waals surface area contributed by atoms with E-state index in [0.717, 1.165) is 5.39 Å². The molecular weight excluding hydrogens is 311 g/mol. The lowest BCUT2D eigenvalue weighted by Gasteiger charge is -2.08. The number of aromatic nitrogens is 2. The van der Waals surface area contributed by atoms with E-state index in [9.17, 15) is 9.90 Å². The Morgan fingerprint density at radius 3 is 2.67 bits per heavy atom. The zero-order valence-electron chi connectivity index (χ0n) is 10.5.